The Kier molecular flexibility index (Phi) is 2.11. The zero-order chi connectivity index (χ0) is 10.3. The molecule has 1 aliphatic rings. The van der Waals surface area contributed by atoms with Gasteiger partial charge in [-0.25, -0.2) is 0 Å². The number of nitrogens with one attached hydrogen (secondary N) is 1. The van der Waals surface area contributed by atoms with E-state index in [1.54, 1.807) is 7.11 Å². The van der Waals surface area contributed by atoms with Gasteiger partial charge in [-0.3, -0.25) is 0 Å². The molecular weight excluding hydrogens is 198 g/mol. The molecule has 1 aromatic rings. The first-order valence-corrected chi connectivity index (χ1v) is 5.04. The molecule has 1 heterocycles. The van der Waals surface area contributed by atoms with E-state index in [9.17, 15) is 0 Å². The average molecular weight is 212 g/mol. The minimum absolute atomic E-state index is 0.160. The summed E-state index contributed by atoms with van der Waals surface area (Å²) < 4.78 is 5.20. The van der Waals surface area contributed by atoms with Gasteiger partial charge in [-0.2, -0.15) is 0 Å². The molecule has 0 radical (unpaired) electrons. The first-order valence-electron chi connectivity index (χ1n) is 4.66. The SMILES string of the molecule is COc1cc2c(cc1Cl)NCC2(C)C. The van der Waals surface area contributed by atoms with Crippen molar-refractivity contribution in [1.29, 1.82) is 0 Å². The molecule has 0 fully saturated rings. The smallest absolute Gasteiger partial charge is 0.137 e. The largest absolute Gasteiger partial charge is 0.495 e. The van der Waals surface area contributed by atoms with Crippen LogP contribution in [0.4, 0.5) is 5.69 Å². The number of methoxy groups -OCH3 is 1. The van der Waals surface area contributed by atoms with Crippen molar-refractivity contribution in [3.05, 3.63) is 22.7 Å². The fourth-order valence-corrected chi connectivity index (χ4v) is 2.07. The van der Waals surface area contributed by atoms with Crippen molar-refractivity contribution in [2.75, 3.05) is 19.0 Å². The number of rotatable bonds is 1. The van der Waals surface area contributed by atoms with Gasteiger partial charge in [-0.05, 0) is 17.7 Å². The molecule has 1 aromatic carbocycles. The fourth-order valence-electron chi connectivity index (χ4n) is 1.83. The van der Waals surface area contributed by atoms with Crippen LogP contribution in [-0.2, 0) is 5.41 Å². The van der Waals surface area contributed by atoms with Crippen LogP contribution in [0.25, 0.3) is 0 Å². The Morgan fingerprint density at radius 2 is 2.14 bits per heavy atom. The molecule has 0 amide bonds. The standard InChI is InChI=1S/C11H14ClNO/c1-11(2)6-13-9-5-8(12)10(14-3)4-7(9)11/h4-5,13H,6H2,1-3H3. The van der Waals surface area contributed by atoms with E-state index in [-0.39, 0.29) is 5.41 Å². The van der Waals surface area contributed by atoms with Gasteiger partial charge in [0, 0.05) is 17.6 Å². The average Bonchev–Trinajstić information content (AvgIpc) is 2.41. The molecule has 0 aliphatic carbocycles. The molecule has 14 heavy (non-hydrogen) atoms. The van der Waals surface area contributed by atoms with Gasteiger partial charge in [-0.1, -0.05) is 25.4 Å². The maximum Gasteiger partial charge on any atom is 0.137 e. The molecule has 1 N–H and O–H groups in total. The van der Waals surface area contributed by atoms with E-state index >= 15 is 0 Å². The highest BCUT2D eigenvalue weighted by Crippen LogP contribution is 2.41. The van der Waals surface area contributed by atoms with Crippen molar-refractivity contribution < 1.29 is 4.74 Å². The highest BCUT2D eigenvalue weighted by molar-refractivity contribution is 6.32. The zero-order valence-electron chi connectivity index (χ0n) is 8.65. The van der Waals surface area contributed by atoms with Crippen LogP contribution in [0.15, 0.2) is 12.1 Å². The van der Waals surface area contributed by atoms with E-state index < -0.39 is 0 Å². The Hall–Kier alpha value is -0.890. The molecule has 3 heteroatoms. The lowest BCUT2D eigenvalue weighted by molar-refractivity contribution is 0.413. The van der Waals surface area contributed by atoms with Gasteiger partial charge in [-0.15, -0.1) is 0 Å². The van der Waals surface area contributed by atoms with E-state index in [1.165, 1.54) is 5.56 Å². The monoisotopic (exact) mass is 211 g/mol. The summed E-state index contributed by atoms with van der Waals surface area (Å²) in [6, 6.07) is 3.96. The van der Waals surface area contributed by atoms with Crippen LogP contribution in [0, 0.1) is 0 Å². The number of fused-ring (bicyclic) bond motifs is 1. The molecule has 2 rings (SSSR count). The molecule has 0 unspecified atom stereocenters. The van der Waals surface area contributed by atoms with Crippen LogP contribution in [0.2, 0.25) is 5.02 Å². The number of hydrogen-bond acceptors (Lipinski definition) is 2. The van der Waals surface area contributed by atoms with Crippen LogP contribution in [0.3, 0.4) is 0 Å². The van der Waals surface area contributed by atoms with Gasteiger partial charge in [0.25, 0.3) is 0 Å². The maximum atomic E-state index is 6.04. The van der Waals surface area contributed by atoms with Crippen molar-refractivity contribution in [2.45, 2.75) is 19.3 Å². The van der Waals surface area contributed by atoms with Crippen LogP contribution < -0.4 is 10.1 Å². The highest BCUT2D eigenvalue weighted by Gasteiger charge is 2.30. The number of benzene rings is 1. The van der Waals surface area contributed by atoms with Gasteiger partial charge >= 0.3 is 0 Å². The van der Waals surface area contributed by atoms with E-state index in [1.807, 2.05) is 12.1 Å². The molecular formula is C11H14ClNO. The summed E-state index contributed by atoms with van der Waals surface area (Å²) >= 11 is 6.04. The summed E-state index contributed by atoms with van der Waals surface area (Å²) in [4.78, 5) is 0. The summed E-state index contributed by atoms with van der Waals surface area (Å²) in [7, 11) is 1.64. The highest BCUT2D eigenvalue weighted by atomic mass is 35.5. The fraction of sp³-hybridized carbons (Fsp3) is 0.455. The van der Waals surface area contributed by atoms with Crippen LogP contribution in [0.1, 0.15) is 19.4 Å². The minimum Gasteiger partial charge on any atom is -0.495 e. The lowest BCUT2D eigenvalue weighted by Gasteiger charge is -2.17. The number of hydrogen-bond donors (Lipinski definition) is 1. The molecule has 0 bridgehead atoms. The van der Waals surface area contributed by atoms with E-state index in [4.69, 9.17) is 16.3 Å². The first kappa shape index (κ1) is 9.66. The van der Waals surface area contributed by atoms with Gasteiger partial charge in [0.1, 0.15) is 5.75 Å². The van der Waals surface area contributed by atoms with Crippen molar-refractivity contribution in [1.82, 2.24) is 0 Å². The third kappa shape index (κ3) is 1.34. The molecule has 0 saturated carbocycles. The van der Waals surface area contributed by atoms with E-state index in [0.717, 1.165) is 18.0 Å². The summed E-state index contributed by atoms with van der Waals surface area (Å²) in [5.41, 5.74) is 2.56. The Morgan fingerprint density at radius 3 is 2.79 bits per heavy atom. The van der Waals surface area contributed by atoms with E-state index in [2.05, 4.69) is 19.2 Å². The van der Waals surface area contributed by atoms with Gasteiger partial charge in [0.05, 0.1) is 12.1 Å². The molecule has 2 nitrogen and oxygen atoms in total. The van der Waals surface area contributed by atoms with Gasteiger partial charge < -0.3 is 10.1 Å². The van der Waals surface area contributed by atoms with Crippen molar-refractivity contribution in [3.63, 3.8) is 0 Å². The topological polar surface area (TPSA) is 21.3 Å². The number of ether oxygens (including phenoxy) is 1. The molecule has 0 saturated heterocycles. The lowest BCUT2D eigenvalue weighted by Crippen LogP contribution is -2.18. The molecule has 1 aliphatic heterocycles. The van der Waals surface area contributed by atoms with Crippen molar-refractivity contribution in [2.24, 2.45) is 0 Å². The molecule has 0 spiro atoms. The summed E-state index contributed by atoms with van der Waals surface area (Å²) in [5, 5.41) is 4.01. The number of anilines is 1. The second-order valence-electron chi connectivity index (χ2n) is 4.27. The Bertz CT molecular complexity index is 374. The third-order valence-corrected chi connectivity index (χ3v) is 3.04. The Morgan fingerprint density at radius 1 is 1.43 bits per heavy atom. The van der Waals surface area contributed by atoms with Crippen LogP contribution >= 0.6 is 11.6 Å². The predicted molar refractivity (Wildman–Crippen MR) is 59.5 cm³/mol. The molecule has 0 atom stereocenters. The predicted octanol–water partition coefficient (Wildman–Crippen LogP) is 3.05. The second-order valence-corrected chi connectivity index (χ2v) is 4.68. The second kappa shape index (κ2) is 3.06. The van der Waals surface area contributed by atoms with Crippen LogP contribution in [-0.4, -0.2) is 13.7 Å². The minimum atomic E-state index is 0.160. The maximum absolute atomic E-state index is 6.04. The first-order chi connectivity index (χ1) is 6.54. The zero-order valence-corrected chi connectivity index (χ0v) is 9.40. The van der Waals surface area contributed by atoms with Gasteiger partial charge in [0.2, 0.25) is 0 Å². The Labute approximate surface area is 89.2 Å². The Balaban J connectivity index is 2.56. The molecule has 76 valence electrons. The summed E-state index contributed by atoms with van der Waals surface area (Å²) in [6.07, 6.45) is 0. The third-order valence-electron chi connectivity index (χ3n) is 2.74. The summed E-state index contributed by atoms with van der Waals surface area (Å²) in [5.74, 6) is 0.752. The van der Waals surface area contributed by atoms with Crippen molar-refractivity contribution in [3.8, 4) is 5.75 Å². The quantitative estimate of drug-likeness (QED) is 0.771. The van der Waals surface area contributed by atoms with Gasteiger partial charge in [0.15, 0.2) is 0 Å². The normalized spacial score (nSPS) is 17.4. The van der Waals surface area contributed by atoms with Crippen LogP contribution in [0.5, 0.6) is 5.75 Å². The summed E-state index contributed by atoms with van der Waals surface area (Å²) in [6.45, 7) is 5.37. The molecule has 0 aromatic heterocycles. The van der Waals surface area contributed by atoms with E-state index in [0.29, 0.717) is 5.02 Å². The lowest BCUT2D eigenvalue weighted by atomic mass is 9.87. The number of halogens is 1. The van der Waals surface area contributed by atoms with Crippen molar-refractivity contribution >= 4 is 17.3 Å².